The molecule has 0 aliphatic carbocycles. The van der Waals surface area contributed by atoms with Gasteiger partial charge in [0.25, 0.3) is 0 Å². The summed E-state index contributed by atoms with van der Waals surface area (Å²) in [7, 11) is 0. The summed E-state index contributed by atoms with van der Waals surface area (Å²) < 4.78 is 0. The summed E-state index contributed by atoms with van der Waals surface area (Å²) in [6.45, 7) is 4.58. The Balaban J connectivity index is 1.99. The van der Waals surface area contributed by atoms with Crippen LogP contribution in [0.25, 0.3) is 0 Å². The molecule has 1 atom stereocenters. The number of hydrogen-bond donors (Lipinski definition) is 2. The molecule has 0 bridgehead atoms. The van der Waals surface area contributed by atoms with E-state index in [1.807, 2.05) is 13.8 Å². The summed E-state index contributed by atoms with van der Waals surface area (Å²) in [6, 6.07) is -0.131. The number of aryl methyl sites for hydroxylation is 2. The number of rotatable bonds is 2. The molecule has 0 saturated carbocycles. The first-order valence-electron chi connectivity index (χ1n) is 5.89. The number of carbonyl (C=O) groups is 1. The van der Waals surface area contributed by atoms with Crippen molar-refractivity contribution in [3.63, 3.8) is 0 Å². The third-order valence-corrected chi connectivity index (χ3v) is 2.95. The van der Waals surface area contributed by atoms with Crippen molar-refractivity contribution >= 4 is 11.9 Å². The molecule has 2 rings (SSSR count). The zero-order chi connectivity index (χ0) is 12.3. The van der Waals surface area contributed by atoms with Crippen LogP contribution in [0.15, 0.2) is 0 Å². The largest absolute Gasteiger partial charge is 0.306 e. The topological polar surface area (TPSA) is 79.8 Å². The fourth-order valence-corrected chi connectivity index (χ4v) is 1.78. The number of nitrogens with zero attached hydrogens (tertiary/aromatic N) is 3. The van der Waals surface area contributed by atoms with Crippen LogP contribution in [0.3, 0.4) is 0 Å². The van der Waals surface area contributed by atoms with Gasteiger partial charge >= 0.3 is 0 Å². The van der Waals surface area contributed by atoms with E-state index in [4.69, 9.17) is 0 Å². The molecule has 0 spiro atoms. The number of anilines is 1. The van der Waals surface area contributed by atoms with E-state index in [-0.39, 0.29) is 17.9 Å². The molecule has 1 aliphatic heterocycles. The van der Waals surface area contributed by atoms with Crippen molar-refractivity contribution in [2.75, 3.05) is 11.9 Å². The first kappa shape index (κ1) is 11.9. The van der Waals surface area contributed by atoms with Crippen molar-refractivity contribution in [3.8, 4) is 0 Å². The lowest BCUT2D eigenvalue weighted by atomic mass is 10.0. The minimum Gasteiger partial charge on any atom is -0.306 e. The second-order valence-electron chi connectivity index (χ2n) is 4.30. The molecule has 0 radical (unpaired) electrons. The average molecular weight is 235 g/mol. The van der Waals surface area contributed by atoms with E-state index in [2.05, 4.69) is 25.8 Å². The lowest BCUT2D eigenvalue weighted by Gasteiger charge is -2.21. The Morgan fingerprint density at radius 3 is 2.76 bits per heavy atom. The van der Waals surface area contributed by atoms with E-state index in [0.717, 1.165) is 37.2 Å². The van der Waals surface area contributed by atoms with E-state index < -0.39 is 0 Å². The minimum atomic E-state index is -0.131. The van der Waals surface area contributed by atoms with Crippen LogP contribution in [0, 0.1) is 13.8 Å². The van der Waals surface area contributed by atoms with Crippen LogP contribution in [0.2, 0.25) is 0 Å². The summed E-state index contributed by atoms with van der Waals surface area (Å²) in [5.74, 6) is 0.209. The van der Waals surface area contributed by atoms with Crippen molar-refractivity contribution in [1.29, 1.82) is 0 Å². The van der Waals surface area contributed by atoms with E-state index in [1.54, 1.807) is 0 Å². The molecule has 1 aromatic rings. The van der Waals surface area contributed by atoms with Gasteiger partial charge in [-0.25, -0.2) is 4.98 Å². The summed E-state index contributed by atoms with van der Waals surface area (Å²) in [5.41, 5.74) is 1.56. The predicted molar refractivity (Wildman–Crippen MR) is 63.6 cm³/mol. The highest BCUT2D eigenvalue weighted by Crippen LogP contribution is 2.09. The third kappa shape index (κ3) is 2.97. The van der Waals surface area contributed by atoms with Crippen molar-refractivity contribution in [3.05, 3.63) is 11.4 Å². The Labute approximate surface area is 100 Å². The van der Waals surface area contributed by atoms with Crippen LogP contribution in [-0.4, -0.2) is 33.7 Å². The minimum absolute atomic E-state index is 0.0743. The lowest BCUT2D eigenvalue weighted by molar-refractivity contribution is -0.118. The Kier molecular flexibility index (Phi) is 3.63. The van der Waals surface area contributed by atoms with Gasteiger partial charge in [-0.1, -0.05) is 6.42 Å². The van der Waals surface area contributed by atoms with Gasteiger partial charge in [0.05, 0.1) is 17.4 Å². The van der Waals surface area contributed by atoms with Gasteiger partial charge in [0.15, 0.2) is 0 Å². The average Bonchev–Trinajstić information content (AvgIpc) is 2.35. The zero-order valence-electron chi connectivity index (χ0n) is 10.2. The van der Waals surface area contributed by atoms with Gasteiger partial charge in [0.2, 0.25) is 11.9 Å². The summed E-state index contributed by atoms with van der Waals surface area (Å²) >= 11 is 0. The van der Waals surface area contributed by atoms with Gasteiger partial charge in [-0.05, 0) is 33.2 Å². The fourth-order valence-electron chi connectivity index (χ4n) is 1.78. The summed E-state index contributed by atoms with van der Waals surface area (Å²) in [5, 5.41) is 13.7. The molecule has 2 N–H and O–H groups in total. The second kappa shape index (κ2) is 5.18. The lowest BCUT2D eigenvalue weighted by Crippen LogP contribution is -2.43. The second-order valence-corrected chi connectivity index (χ2v) is 4.30. The van der Waals surface area contributed by atoms with E-state index in [0.29, 0.717) is 0 Å². The van der Waals surface area contributed by atoms with Crippen molar-refractivity contribution in [2.45, 2.75) is 39.2 Å². The Morgan fingerprint density at radius 2 is 2.12 bits per heavy atom. The van der Waals surface area contributed by atoms with E-state index >= 15 is 0 Å². The van der Waals surface area contributed by atoms with Gasteiger partial charge in [0.1, 0.15) is 0 Å². The molecule has 0 aromatic carbocycles. The summed E-state index contributed by atoms with van der Waals surface area (Å²) in [4.78, 5) is 16.1. The van der Waals surface area contributed by atoms with E-state index in [9.17, 15) is 4.79 Å². The van der Waals surface area contributed by atoms with E-state index in [1.165, 1.54) is 0 Å². The van der Waals surface area contributed by atoms with Crippen molar-refractivity contribution in [2.24, 2.45) is 0 Å². The summed E-state index contributed by atoms with van der Waals surface area (Å²) in [6.07, 6.45) is 3.08. The fraction of sp³-hybridized carbons (Fsp3) is 0.636. The maximum absolute atomic E-state index is 11.9. The van der Waals surface area contributed by atoms with Crippen LogP contribution in [0.4, 0.5) is 5.95 Å². The normalized spacial score (nSPS) is 20.0. The van der Waals surface area contributed by atoms with Gasteiger partial charge in [0, 0.05) is 0 Å². The molecule has 1 aliphatic rings. The van der Waals surface area contributed by atoms with Crippen molar-refractivity contribution < 1.29 is 4.79 Å². The monoisotopic (exact) mass is 235 g/mol. The van der Waals surface area contributed by atoms with Crippen LogP contribution in [0.5, 0.6) is 0 Å². The molecule has 1 fully saturated rings. The molecule has 6 heteroatoms. The SMILES string of the molecule is Cc1nnc(NC(=O)[C@@H]2CCCCN2)nc1C. The smallest absolute Gasteiger partial charge is 0.249 e. The molecule has 0 unspecified atom stereocenters. The molecule has 17 heavy (non-hydrogen) atoms. The van der Waals surface area contributed by atoms with Crippen LogP contribution >= 0.6 is 0 Å². The third-order valence-electron chi connectivity index (χ3n) is 2.95. The first-order chi connectivity index (χ1) is 8.16. The van der Waals surface area contributed by atoms with Crippen molar-refractivity contribution in [1.82, 2.24) is 20.5 Å². The Bertz CT molecular complexity index is 414. The van der Waals surface area contributed by atoms with Crippen LogP contribution in [-0.2, 0) is 4.79 Å². The molecule has 1 aromatic heterocycles. The first-order valence-corrected chi connectivity index (χ1v) is 5.89. The van der Waals surface area contributed by atoms with Gasteiger partial charge in [-0.3, -0.25) is 10.1 Å². The molecule has 2 heterocycles. The van der Waals surface area contributed by atoms with Crippen LogP contribution < -0.4 is 10.6 Å². The maximum Gasteiger partial charge on any atom is 0.249 e. The van der Waals surface area contributed by atoms with Gasteiger partial charge < -0.3 is 5.32 Å². The molecule has 92 valence electrons. The molecular formula is C11H17N5O. The quantitative estimate of drug-likeness (QED) is 0.783. The molecule has 1 amide bonds. The van der Waals surface area contributed by atoms with Gasteiger partial charge in [-0.2, -0.15) is 5.10 Å². The highest BCUT2D eigenvalue weighted by molar-refractivity contribution is 5.93. The zero-order valence-corrected chi connectivity index (χ0v) is 10.2. The highest BCUT2D eigenvalue weighted by Gasteiger charge is 2.21. The Hall–Kier alpha value is -1.56. The number of amides is 1. The Morgan fingerprint density at radius 1 is 1.29 bits per heavy atom. The van der Waals surface area contributed by atoms with Crippen LogP contribution in [0.1, 0.15) is 30.7 Å². The molecular weight excluding hydrogens is 218 g/mol. The predicted octanol–water partition coefficient (Wildman–Crippen LogP) is 0.569. The number of piperidine rings is 1. The highest BCUT2D eigenvalue weighted by atomic mass is 16.2. The van der Waals surface area contributed by atoms with Gasteiger partial charge in [-0.15, -0.1) is 5.10 Å². The number of nitrogens with one attached hydrogen (secondary N) is 2. The number of carbonyl (C=O) groups excluding carboxylic acids is 1. The standard InChI is InChI=1S/C11H17N5O/c1-7-8(2)15-16-11(13-7)14-10(17)9-5-3-4-6-12-9/h9,12H,3-6H2,1-2H3,(H,13,14,16,17)/t9-/m0/s1. The maximum atomic E-state index is 11.9. The number of aromatic nitrogens is 3. The molecule has 6 nitrogen and oxygen atoms in total. The molecule has 1 saturated heterocycles. The number of hydrogen-bond acceptors (Lipinski definition) is 5.